The van der Waals surface area contributed by atoms with Gasteiger partial charge < -0.3 is 19.1 Å². The van der Waals surface area contributed by atoms with E-state index in [1.165, 1.54) is 36.9 Å². The highest BCUT2D eigenvalue weighted by molar-refractivity contribution is 7.90. The number of anilines is 1. The monoisotopic (exact) mass is 823 g/mol. The Morgan fingerprint density at radius 2 is 1.95 bits per heavy atom. The number of halogens is 1. The number of nitrogens with zero attached hydrogens (tertiary/aromatic N) is 4. The molecule has 2 aromatic rings. The summed E-state index contributed by atoms with van der Waals surface area (Å²) in [5.41, 5.74) is 1.71. The molecular formula is C44H62ClN5O6S. The van der Waals surface area contributed by atoms with Gasteiger partial charge in [0.25, 0.3) is 5.91 Å². The van der Waals surface area contributed by atoms with Gasteiger partial charge in [0.05, 0.1) is 11.9 Å². The minimum absolute atomic E-state index is 0.0542. The number of carbonyl (C=O) groups is 1. The maximum absolute atomic E-state index is 14.1. The van der Waals surface area contributed by atoms with E-state index in [9.17, 15) is 13.2 Å². The zero-order valence-electron chi connectivity index (χ0n) is 34.1. The van der Waals surface area contributed by atoms with Gasteiger partial charge in [-0.1, -0.05) is 43.2 Å². The largest absolute Gasteiger partial charge is 0.489 e. The van der Waals surface area contributed by atoms with Crippen LogP contribution < -0.4 is 14.4 Å². The minimum Gasteiger partial charge on any atom is -0.489 e. The molecule has 3 fully saturated rings. The van der Waals surface area contributed by atoms with Crippen LogP contribution in [0.2, 0.25) is 5.02 Å². The van der Waals surface area contributed by atoms with E-state index in [0.717, 1.165) is 69.9 Å². The van der Waals surface area contributed by atoms with Crippen molar-refractivity contribution < 1.29 is 27.4 Å². The van der Waals surface area contributed by atoms with Gasteiger partial charge in [-0.3, -0.25) is 14.6 Å². The number of allylic oxidation sites excluding steroid dienone is 1. The highest BCUT2D eigenvalue weighted by atomic mass is 35.5. The zero-order chi connectivity index (χ0) is 39.8. The van der Waals surface area contributed by atoms with Crippen LogP contribution in [0.15, 0.2) is 42.5 Å². The smallest absolute Gasteiger partial charge is 0.283 e. The van der Waals surface area contributed by atoms with E-state index >= 15 is 0 Å². The van der Waals surface area contributed by atoms with E-state index in [4.69, 9.17) is 30.8 Å². The average molecular weight is 825 g/mol. The highest BCUT2D eigenvalue weighted by Gasteiger charge is 2.51. The zero-order valence-corrected chi connectivity index (χ0v) is 35.7. The van der Waals surface area contributed by atoms with E-state index in [2.05, 4.69) is 50.6 Å². The van der Waals surface area contributed by atoms with E-state index in [-0.39, 0.29) is 36.0 Å². The van der Waals surface area contributed by atoms with Crippen LogP contribution in [0.5, 0.6) is 5.75 Å². The van der Waals surface area contributed by atoms with Gasteiger partial charge in [0.1, 0.15) is 11.3 Å². The van der Waals surface area contributed by atoms with Crippen LogP contribution in [-0.2, 0) is 31.3 Å². The number of aromatic nitrogens is 1. The topological polar surface area (TPSA) is 114 Å². The van der Waals surface area contributed by atoms with Crippen molar-refractivity contribution in [3.05, 3.63) is 64.3 Å². The number of carbonyl (C=O) groups excluding carboxylic acids is 1. The standard InChI is InChI=1S/C44H62ClN5O6S/c1-4-56-44(29-48-22-23-49-21-6-5-11-35(49)27-48)20-7-9-31(2)40(18-24-54-3)57(52,53)47-42(51)38-16-17-39-41(46-38)50(26-33-12-14-37(33)44)28-43(30-55-39)19-8-10-32-25-34(45)13-15-36(32)43/h7,13,15-17,20,25,31,33,35,37,40H,4-6,8-12,14,18-19,21-24,26-30H2,1-3H3,(H,47,51)/b20-7+/t31-,33-,35+,37+,40+,43-,44+/m0/s1. The summed E-state index contributed by atoms with van der Waals surface area (Å²) in [6, 6.07) is 10.2. The Kier molecular flexibility index (Phi) is 12.3. The maximum Gasteiger partial charge on any atom is 0.283 e. The number of aryl methyl sites for hydroxylation is 1. The van der Waals surface area contributed by atoms with Crippen molar-refractivity contribution in [2.24, 2.45) is 17.8 Å². The minimum atomic E-state index is -4.11. The van der Waals surface area contributed by atoms with Crippen LogP contribution in [0.25, 0.3) is 0 Å². The Morgan fingerprint density at radius 3 is 2.75 bits per heavy atom. The van der Waals surface area contributed by atoms with Crippen LogP contribution in [0.1, 0.15) is 93.3 Å². The lowest BCUT2D eigenvalue weighted by atomic mass is 9.63. The van der Waals surface area contributed by atoms with Crippen molar-refractivity contribution in [1.82, 2.24) is 19.5 Å². The molecule has 8 rings (SSSR count). The number of fused-ring (bicyclic) bond motifs is 5. The molecule has 6 aliphatic rings. The van der Waals surface area contributed by atoms with E-state index in [0.29, 0.717) is 49.7 Å². The van der Waals surface area contributed by atoms with Crippen molar-refractivity contribution in [2.45, 2.75) is 100 Å². The van der Waals surface area contributed by atoms with Crippen LogP contribution in [0, 0.1) is 17.8 Å². The van der Waals surface area contributed by atoms with Gasteiger partial charge >= 0.3 is 0 Å². The van der Waals surface area contributed by atoms with Crippen LogP contribution in [-0.4, -0.2) is 119 Å². The first-order chi connectivity index (χ1) is 27.5. The molecule has 11 nitrogen and oxygen atoms in total. The van der Waals surface area contributed by atoms with Gasteiger partial charge in [-0.2, -0.15) is 0 Å². The van der Waals surface area contributed by atoms with E-state index in [1.54, 1.807) is 19.2 Å². The number of nitrogens with one attached hydrogen (secondary N) is 1. The first kappa shape index (κ1) is 41.0. The summed E-state index contributed by atoms with van der Waals surface area (Å²) in [5.74, 6) is 0.713. The second-order valence-electron chi connectivity index (χ2n) is 17.8. The molecule has 1 N–H and O–H groups in total. The van der Waals surface area contributed by atoms with Crippen molar-refractivity contribution in [3.63, 3.8) is 0 Å². The third-order valence-electron chi connectivity index (χ3n) is 14.2. The third kappa shape index (κ3) is 8.38. The van der Waals surface area contributed by atoms with Crippen LogP contribution in [0.4, 0.5) is 5.82 Å². The molecule has 1 aromatic heterocycles. The van der Waals surface area contributed by atoms with Crippen molar-refractivity contribution in [2.75, 3.05) is 77.6 Å². The molecule has 7 atom stereocenters. The Hall–Kier alpha value is -2.74. The summed E-state index contributed by atoms with van der Waals surface area (Å²) < 4.78 is 49.8. The lowest BCUT2D eigenvalue weighted by molar-refractivity contribution is -0.116. The molecule has 4 aliphatic heterocycles. The number of methoxy groups -OCH3 is 1. The number of sulfonamides is 1. The van der Waals surface area contributed by atoms with E-state index in [1.807, 2.05) is 13.0 Å². The quantitative estimate of drug-likeness (QED) is 0.322. The van der Waals surface area contributed by atoms with Gasteiger partial charge in [0.2, 0.25) is 10.0 Å². The van der Waals surface area contributed by atoms with Crippen molar-refractivity contribution >= 4 is 33.3 Å². The molecule has 1 aromatic carbocycles. The number of piperazine rings is 1. The highest BCUT2D eigenvalue weighted by Crippen LogP contribution is 2.49. The average Bonchev–Trinajstić information content (AvgIpc) is 3.32. The van der Waals surface area contributed by atoms with Gasteiger partial charge in [0, 0.05) is 76.1 Å². The Balaban J connectivity index is 1.21. The lowest BCUT2D eigenvalue weighted by Crippen LogP contribution is -2.61. The van der Waals surface area contributed by atoms with Crippen molar-refractivity contribution in [3.8, 4) is 5.75 Å². The summed E-state index contributed by atoms with van der Waals surface area (Å²) in [7, 11) is -2.53. The summed E-state index contributed by atoms with van der Waals surface area (Å²) in [5, 5.41) is -0.112. The molecule has 1 saturated carbocycles. The Morgan fingerprint density at radius 1 is 1.07 bits per heavy atom. The molecule has 2 bridgehead atoms. The fourth-order valence-electron chi connectivity index (χ4n) is 11.2. The molecule has 2 aliphatic carbocycles. The Labute approximate surface area is 344 Å². The fraction of sp³-hybridized carbons (Fsp3) is 0.682. The number of amides is 1. The first-order valence-corrected chi connectivity index (χ1v) is 23.5. The second-order valence-corrected chi connectivity index (χ2v) is 20.1. The molecule has 312 valence electrons. The first-order valence-electron chi connectivity index (χ1n) is 21.5. The molecule has 1 amide bonds. The number of piperidine rings is 1. The molecule has 1 spiro atoms. The van der Waals surface area contributed by atoms with Gasteiger partial charge in [0.15, 0.2) is 11.6 Å². The fourth-order valence-corrected chi connectivity index (χ4v) is 13.0. The molecule has 0 radical (unpaired) electrons. The van der Waals surface area contributed by atoms with Crippen LogP contribution >= 0.6 is 11.6 Å². The summed E-state index contributed by atoms with van der Waals surface area (Å²) >= 11 is 6.53. The third-order valence-corrected chi connectivity index (χ3v) is 16.4. The number of hydrogen-bond acceptors (Lipinski definition) is 10. The van der Waals surface area contributed by atoms with Crippen molar-refractivity contribution in [1.29, 1.82) is 0 Å². The number of hydrogen-bond donors (Lipinski definition) is 1. The maximum atomic E-state index is 14.1. The molecule has 57 heavy (non-hydrogen) atoms. The second kappa shape index (κ2) is 17.1. The summed E-state index contributed by atoms with van der Waals surface area (Å²) in [4.78, 5) is 26.5. The number of rotatable bonds is 7. The predicted octanol–water partition coefficient (Wildman–Crippen LogP) is 6.24. The van der Waals surface area contributed by atoms with Gasteiger partial charge in [-0.15, -0.1) is 0 Å². The number of benzene rings is 1. The normalized spacial score (nSPS) is 33.8. The molecule has 0 unspecified atom stereocenters. The molecular weight excluding hydrogens is 762 g/mol. The van der Waals surface area contributed by atoms with Gasteiger partial charge in [-0.05, 0) is 124 Å². The summed E-state index contributed by atoms with van der Waals surface area (Å²) in [6.45, 7) is 11.9. The van der Waals surface area contributed by atoms with Gasteiger partial charge in [-0.25, -0.2) is 18.1 Å². The molecule has 2 saturated heterocycles. The lowest BCUT2D eigenvalue weighted by Gasteiger charge is -2.53. The SMILES string of the molecule is CCO[C@@]1(CN2CCN3CCCC[C@@H]3C2)/C=C/C[C@H](C)[C@@H](CCOC)S(=O)(=O)NC(=O)c2ccc3c(n2)N(C[C@@H]2CC[C@H]21)C[C@@]1(CCCc2cc(Cl)ccc21)CO3. The molecule has 13 heteroatoms. The number of pyridine rings is 1. The summed E-state index contributed by atoms with van der Waals surface area (Å²) in [6.07, 6.45) is 14.1. The molecule has 5 heterocycles. The number of ether oxygens (including phenoxy) is 3. The van der Waals surface area contributed by atoms with E-state index < -0.39 is 26.8 Å². The van der Waals surface area contributed by atoms with Crippen LogP contribution in [0.3, 0.4) is 0 Å². The Bertz CT molecular complexity index is 1910. The predicted molar refractivity (Wildman–Crippen MR) is 224 cm³/mol.